The Morgan fingerprint density at radius 3 is 2.50 bits per heavy atom. The molecule has 1 aliphatic carbocycles. The van der Waals surface area contributed by atoms with Crippen LogP contribution in [-0.2, 0) is 6.42 Å². The number of fused-ring (bicyclic) bond motifs is 1. The monoisotopic (exact) mass is 247 g/mol. The summed E-state index contributed by atoms with van der Waals surface area (Å²) < 4.78 is 2.30. The molecule has 1 saturated carbocycles. The molecule has 3 nitrogen and oxygen atoms in total. The maximum Gasteiger partial charge on any atom is 0.127 e. The van der Waals surface area contributed by atoms with Crippen molar-refractivity contribution in [2.45, 2.75) is 70.8 Å². The zero-order valence-electron chi connectivity index (χ0n) is 11.7. The van der Waals surface area contributed by atoms with Crippen LogP contribution in [0.4, 0.5) is 5.82 Å². The first-order chi connectivity index (χ1) is 8.66. The fraction of sp³-hybridized carbons (Fsp3) is 0.800. The van der Waals surface area contributed by atoms with E-state index in [1.54, 1.807) is 0 Å². The highest BCUT2D eigenvalue weighted by Crippen LogP contribution is 2.39. The highest BCUT2D eigenvalue weighted by molar-refractivity contribution is 5.42. The summed E-state index contributed by atoms with van der Waals surface area (Å²) in [4.78, 5) is 4.89. The Balaban J connectivity index is 1.89. The maximum absolute atomic E-state index is 6.38. The lowest BCUT2D eigenvalue weighted by Crippen LogP contribution is -2.17. The molecule has 1 aliphatic heterocycles. The van der Waals surface area contributed by atoms with E-state index >= 15 is 0 Å². The zero-order valence-corrected chi connectivity index (χ0v) is 11.7. The van der Waals surface area contributed by atoms with Crippen molar-refractivity contribution >= 4 is 5.82 Å². The minimum Gasteiger partial charge on any atom is -0.384 e. The molecule has 0 aromatic carbocycles. The first kappa shape index (κ1) is 12.1. The Labute approximate surface area is 110 Å². The predicted octanol–water partition coefficient (Wildman–Crippen LogP) is 3.66. The number of nitrogens with two attached hydrogens (primary N) is 1. The molecule has 2 aliphatic rings. The second-order valence-electron chi connectivity index (χ2n) is 6.37. The van der Waals surface area contributed by atoms with Gasteiger partial charge in [-0.05, 0) is 38.5 Å². The fourth-order valence-corrected chi connectivity index (χ4v) is 3.70. The molecule has 18 heavy (non-hydrogen) atoms. The highest BCUT2D eigenvalue weighted by atomic mass is 15.2. The SMILES string of the molecule is CC1CCC(c2nc3n(c2N)C(C)CCC3)CC1. The van der Waals surface area contributed by atoms with E-state index in [1.165, 1.54) is 50.0 Å². The average molecular weight is 247 g/mol. The van der Waals surface area contributed by atoms with Crippen molar-refractivity contribution in [3.8, 4) is 0 Å². The molecule has 0 amide bonds. The Hall–Kier alpha value is -0.990. The maximum atomic E-state index is 6.38. The Bertz CT molecular complexity index is 427. The first-order valence-electron chi connectivity index (χ1n) is 7.53. The summed E-state index contributed by atoms with van der Waals surface area (Å²) in [5.41, 5.74) is 7.59. The average Bonchev–Trinajstić information content (AvgIpc) is 2.69. The first-order valence-corrected chi connectivity index (χ1v) is 7.53. The molecular weight excluding hydrogens is 222 g/mol. The molecule has 3 heteroatoms. The van der Waals surface area contributed by atoms with Gasteiger partial charge < -0.3 is 10.3 Å². The van der Waals surface area contributed by atoms with Gasteiger partial charge in [-0.25, -0.2) is 4.98 Å². The van der Waals surface area contributed by atoms with Crippen molar-refractivity contribution in [1.29, 1.82) is 0 Å². The van der Waals surface area contributed by atoms with Crippen molar-refractivity contribution in [3.05, 3.63) is 11.5 Å². The minimum absolute atomic E-state index is 0.539. The second kappa shape index (κ2) is 4.60. The Morgan fingerprint density at radius 2 is 1.83 bits per heavy atom. The smallest absolute Gasteiger partial charge is 0.127 e. The van der Waals surface area contributed by atoms with Gasteiger partial charge in [0.2, 0.25) is 0 Å². The van der Waals surface area contributed by atoms with E-state index in [9.17, 15) is 0 Å². The topological polar surface area (TPSA) is 43.8 Å². The molecule has 2 heterocycles. The van der Waals surface area contributed by atoms with Crippen LogP contribution in [0.1, 0.15) is 75.9 Å². The molecule has 1 atom stereocenters. The van der Waals surface area contributed by atoms with Gasteiger partial charge >= 0.3 is 0 Å². The number of aromatic nitrogens is 2. The standard InChI is InChI=1S/C15H25N3/c1-10-6-8-12(9-7-10)14-15(16)18-11(2)4-3-5-13(18)17-14/h10-12H,3-9,16H2,1-2H3. The number of rotatable bonds is 1. The normalized spacial score (nSPS) is 32.2. The van der Waals surface area contributed by atoms with E-state index in [2.05, 4.69) is 18.4 Å². The number of imidazole rings is 1. The van der Waals surface area contributed by atoms with Gasteiger partial charge in [-0.15, -0.1) is 0 Å². The van der Waals surface area contributed by atoms with Gasteiger partial charge in [0, 0.05) is 18.4 Å². The molecule has 1 fully saturated rings. The van der Waals surface area contributed by atoms with Crippen LogP contribution in [0.25, 0.3) is 0 Å². The number of nitrogens with zero attached hydrogens (tertiary/aromatic N) is 2. The molecule has 0 spiro atoms. The summed E-state index contributed by atoms with van der Waals surface area (Å²) in [7, 11) is 0. The van der Waals surface area contributed by atoms with E-state index in [-0.39, 0.29) is 0 Å². The minimum atomic E-state index is 0.539. The van der Waals surface area contributed by atoms with Crippen molar-refractivity contribution in [1.82, 2.24) is 9.55 Å². The summed E-state index contributed by atoms with van der Waals surface area (Å²) in [5.74, 6) is 3.71. The third-order valence-corrected chi connectivity index (χ3v) is 4.92. The van der Waals surface area contributed by atoms with E-state index in [0.29, 0.717) is 12.0 Å². The van der Waals surface area contributed by atoms with Gasteiger partial charge in [-0.2, -0.15) is 0 Å². The lowest BCUT2D eigenvalue weighted by atomic mass is 9.81. The number of hydrogen-bond donors (Lipinski definition) is 1. The van der Waals surface area contributed by atoms with Crippen LogP contribution in [0.3, 0.4) is 0 Å². The predicted molar refractivity (Wildman–Crippen MR) is 74.7 cm³/mol. The highest BCUT2D eigenvalue weighted by Gasteiger charge is 2.28. The fourth-order valence-electron chi connectivity index (χ4n) is 3.70. The second-order valence-corrected chi connectivity index (χ2v) is 6.37. The van der Waals surface area contributed by atoms with Crippen LogP contribution in [0.5, 0.6) is 0 Å². The largest absolute Gasteiger partial charge is 0.384 e. The van der Waals surface area contributed by atoms with Crippen LogP contribution >= 0.6 is 0 Å². The zero-order chi connectivity index (χ0) is 12.7. The number of aryl methyl sites for hydroxylation is 1. The molecule has 3 rings (SSSR count). The number of nitrogen functional groups attached to an aromatic ring is 1. The summed E-state index contributed by atoms with van der Waals surface area (Å²) in [6, 6.07) is 0.539. The van der Waals surface area contributed by atoms with Crippen molar-refractivity contribution in [3.63, 3.8) is 0 Å². The van der Waals surface area contributed by atoms with Gasteiger partial charge in [-0.3, -0.25) is 0 Å². The van der Waals surface area contributed by atoms with Gasteiger partial charge in [0.1, 0.15) is 11.6 Å². The Kier molecular flexibility index (Phi) is 3.08. The molecule has 2 N–H and O–H groups in total. The summed E-state index contributed by atoms with van der Waals surface area (Å²) in [6.07, 6.45) is 8.83. The molecule has 1 aromatic rings. The van der Waals surface area contributed by atoms with Crippen LogP contribution in [0.2, 0.25) is 0 Å². The molecule has 1 unspecified atom stereocenters. The van der Waals surface area contributed by atoms with Crippen molar-refractivity contribution < 1.29 is 0 Å². The van der Waals surface area contributed by atoms with Gasteiger partial charge in [-0.1, -0.05) is 19.8 Å². The van der Waals surface area contributed by atoms with E-state index in [4.69, 9.17) is 10.7 Å². The molecule has 0 bridgehead atoms. The third kappa shape index (κ3) is 1.94. The summed E-state index contributed by atoms with van der Waals surface area (Å²) in [6.45, 7) is 4.63. The molecule has 100 valence electrons. The van der Waals surface area contributed by atoms with E-state index in [0.717, 1.165) is 18.2 Å². The molecule has 0 radical (unpaired) electrons. The Morgan fingerprint density at radius 1 is 1.11 bits per heavy atom. The molecule has 0 saturated heterocycles. The van der Waals surface area contributed by atoms with Crippen LogP contribution < -0.4 is 5.73 Å². The van der Waals surface area contributed by atoms with Crippen molar-refractivity contribution in [2.75, 3.05) is 5.73 Å². The van der Waals surface area contributed by atoms with Crippen LogP contribution in [-0.4, -0.2) is 9.55 Å². The lowest BCUT2D eigenvalue weighted by Gasteiger charge is -2.25. The van der Waals surface area contributed by atoms with Crippen LogP contribution in [0, 0.1) is 5.92 Å². The molecule has 1 aromatic heterocycles. The lowest BCUT2D eigenvalue weighted by molar-refractivity contribution is 0.345. The van der Waals surface area contributed by atoms with Gasteiger partial charge in [0.15, 0.2) is 0 Å². The summed E-state index contributed by atoms with van der Waals surface area (Å²) in [5, 5.41) is 0. The van der Waals surface area contributed by atoms with E-state index in [1.807, 2.05) is 0 Å². The number of anilines is 1. The number of hydrogen-bond acceptors (Lipinski definition) is 2. The van der Waals surface area contributed by atoms with Crippen LogP contribution in [0.15, 0.2) is 0 Å². The summed E-state index contributed by atoms with van der Waals surface area (Å²) >= 11 is 0. The van der Waals surface area contributed by atoms with E-state index < -0.39 is 0 Å². The third-order valence-electron chi connectivity index (χ3n) is 4.92. The quantitative estimate of drug-likeness (QED) is 0.823. The van der Waals surface area contributed by atoms with Gasteiger partial charge in [0.25, 0.3) is 0 Å². The molecular formula is C15H25N3. The van der Waals surface area contributed by atoms with Gasteiger partial charge in [0.05, 0.1) is 5.69 Å². The van der Waals surface area contributed by atoms with Crippen molar-refractivity contribution in [2.24, 2.45) is 5.92 Å².